The van der Waals surface area contributed by atoms with Crippen molar-refractivity contribution in [3.05, 3.63) is 58.9 Å². The number of carbonyl (C=O) groups is 1. The van der Waals surface area contributed by atoms with E-state index in [0.29, 0.717) is 18.9 Å². The van der Waals surface area contributed by atoms with Crippen molar-refractivity contribution in [1.29, 1.82) is 0 Å². The summed E-state index contributed by atoms with van der Waals surface area (Å²) in [6.45, 7) is 5.84. The van der Waals surface area contributed by atoms with Gasteiger partial charge in [-0.05, 0) is 55.9 Å². The van der Waals surface area contributed by atoms with Crippen LogP contribution in [-0.2, 0) is 6.42 Å². The van der Waals surface area contributed by atoms with Crippen molar-refractivity contribution in [2.75, 3.05) is 19.6 Å². The van der Waals surface area contributed by atoms with Gasteiger partial charge in [-0.1, -0.05) is 6.07 Å². The first-order chi connectivity index (χ1) is 12.5. The molecular formula is C20H25FN4O. The number of nitrogens with zero attached hydrogens (tertiary/aromatic N) is 3. The fourth-order valence-electron chi connectivity index (χ4n) is 3.45. The summed E-state index contributed by atoms with van der Waals surface area (Å²) in [5.74, 6) is 0.198. The number of amides is 2. The van der Waals surface area contributed by atoms with Gasteiger partial charge in [0.05, 0.1) is 11.4 Å². The molecule has 0 radical (unpaired) electrons. The summed E-state index contributed by atoms with van der Waals surface area (Å²) >= 11 is 0. The molecule has 2 heterocycles. The summed E-state index contributed by atoms with van der Waals surface area (Å²) < 4.78 is 13.3. The predicted molar refractivity (Wildman–Crippen MR) is 98.6 cm³/mol. The maximum absolute atomic E-state index is 13.3. The molecule has 0 spiro atoms. The van der Waals surface area contributed by atoms with E-state index in [1.54, 1.807) is 18.5 Å². The predicted octanol–water partition coefficient (Wildman–Crippen LogP) is 3.36. The van der Waals surface area contributed by atoms with Crippen LogP contribution < -0.4 is 5.32 Å². The Morgan fingerprint density at radius 3 is 2.65 bits per heavy atom. The fraction of sp³-hybridized carbons (Fsp3) is 0.450. The van der Waals surface area contributed by atoms with Gasteiger partial charge in [-0.2, -0.15) is 0 Å². The number of benzene rings is 1. The molecule has 1 N–H and O–H groups in total. The molecular weight excluding hydrogens is 331 g/mol. The number of piperidine rings is 1. The Morgan fingerprint density at radius 1 is 1.23 bits per heavy atom. The number of hydrogen-bond donors (Lipinski definition) is 1. The summed E-state index contributed by atoms with van der Waals surface area (Å²) in [5.41, 5.74) is 3.95. The lowest BCUT2D eigenvalue weighted by Crippen LogP contribution is -2.44. The van der Waals surface area contributed by atoms with Gasteiger partial charge in [-0.15, -0.1) is 0 Å². The third-order valence-corrected chi connectivity index (χ3v) is 4.95. The van der Waals surface area contributed by atoms with Crippen LogP contribution in [0.25, 0.3) is 0 Å². The van der Waals surface area contributed by atoms with E-state index in [9.17, 15) is 9.18 Å². The van der Waals surface area contributed by atoms with Crippen LogP contribution in [-0.4, -0.2) is 40.5 Å². The van der Waals surface area contributed by atoms with Crippen LogP contribution in [0.4, 0.5) is 9.18 Å². The van der Waals surface area contributed by atoms with Crippen molar-refractivity contribution in [1.82, 2.24) is 20.2 Å². The molecule has 6 heteroatoms. The first-order valence-corrected chi connectivity index (χ1v) is 9.09. The van der Waals surface area contributed by atoms with Gasteiger partial charge in [-0.25, -0.2) is 9.18 Å². The minimum atomic E-state index is -0.193. The van der Waals surface area contributed by atoms with Crippen LogP contribution in [0.15, 0.2) is 30.6 Å². The molecule has 1 aliphatic heterocycles. The molecule has 1 aromatic heterocycles. The van der Waals surface area contributed by atoms with Crippen molar-refractivity contribution < 1.29 is 9.18 Å². The molecule has 0 aliphatic carbocycles. The maximum atomic E-state index is 13.3. The van der Waals surface area contributed by atoms with Crippen molar-refractivity contribution in [3.63, 3.8) is 0 Å². The first-order valence-electron chi connectivity index (χ1n) is 9.09. The highest BCUT2D eigenvalue weighted by molar-refractivity contribution is 5.74. The second kappa shape index (κ2) is 8.25. The standard InChI is InChI=1S/C20H25FN4O/c1-14-11-17(21)3-4-19(14)16-6-9-25(10-7-16)20(26)22-8-5-18-13-23-15(2)12-24-18/h3-4,11-13,16H,5-10H2,1-2H3,(H,22,26). The average Bonchev–Trinajstić information content (AvgIpc) is 2.63. The molecule has 0 bridgehead atoms. The number of hydrogen-bond acceptors (Lipinski definition) is 3. The van der Waals surface area contributed by atoms with Gasteiger partial charge in [0, 0.05) is 38.4 Å². The second-order valence-electron chi connectivity index (χ2n) is 6.89. The summed E-state index contributed by atoms with van der Waals surface area (Å²) in [4.78, 5) is 22.7. The molecule has 26 heavy (non-hydrogen) atoms. The van der Waals surface area contributed by atoms with Crippen LogP contribution in [0.5, 0.6) is 0 Å². The molecule has 0 unspecified atom stereocenters. The van der Waals surface area contributed by atoms with E-state index in [1.807, 2.05) is 24.8 Å². The number of aromatic nitrogens is 2. The van der Waals surface area contributed by atoms with Gasteiger partial charge < -0.3 is 10.2 Å². The Hall–Kier alpha value is -2.50. The van der Waals surface area contributed by atoms with Crippen LogP contribution in [0.1, 0.15) is 41.3 Å². The van der Waals surface area contributed by atoms with E-state index < -0.39 is 0 Å². The van der Waals surface area contributed by atoms with Crippen molar-refractivity contribution in [2.45, 2.75) is 39.0 Å². The van der Waals surface area contributed by atoms with Gasteiger partial charge in [0.2, 0.25) is 0 Å². The van der Waals surface area contributed by atoms with Gasteiger partial charge >= 0.3 is 6.03 Å². The zero-order valence-electron chi connectivity index (χ0n) is 15.3. The van der Waals surface area contributed by atoms with Crippen molar-refractivity contribution >= 4 is 6.03 Å². The topological polar surface area (TPSA) is 58.1 Å². The molecule has 1 aromatic carbocycles. The summed E-state index contributed by atoms with van der Waals surface area (Å²) in [7, 11) is 0. The quantitative estimate of drug-likeness (QED) is 0.914. The molecule has 5 nitrogen and oxygen atoms in total. The lowest BCUT2D eigenvalue weighted by molar-refractivity contribution is 0.181. The second-order valence-corrected chi connectivity index (χ2v) is 6.89. The molecule has 2 aromatic rings. The lowest BCUT2D eigenvalue weighted by Gasteiger charge is -2.32. The van der Waals surface area contributed by atoms with Crippen molar-refractivity contribution in [2.24, 2.45) is 0 Å². The lowest BCUT2D eigenvalue weighted by atomic mass is 9.87. The van der Waals surface area contributed by atoms with Crippen molar-refractivity contribution in [3.8, 4) is 0 Å². The monoisotopic (exact) mass is 356 g/mol. The summed E-state index contributed by atoms with van der Waals surface area (Å²) in [6, 6.07) is 4.96. The largest absolute Gasteiger partial charge is 0.338 e. The number of aryl methyl sites for hydroxylation is 2. The zero-order valence-corrected chi connectivity index (χ0v) is 15.3. The fourth-order valence-corrected chi connectivity index (χ4v) is 3.45. The molecule has 0 saturated carbocycles. The van der Waals surface area contributed by atoms with Gasteiger partial charge in [0.1, 0.15) is 5.82 Å². The minimum absolute atomic E-state index is 0.0284. The van der Waals surface area contributed by atoms with E-state index in [-0.39, 0.29) is 11.8 Å². The maximum Gasteiger partial charge on any atom is 0.317 e. The normalized spacial score (nSPS) is 15.1. The van der Waals surface area contributed by atoms with Crippen LogP contribution in [0, 0.1) is 19.7 Å². The number of rotatable bonds is 4. The Kier molecular flexibility index (Phi) is 5.81. The Balaban J connectivity index is 1.45. The van der Waals surface area contributed by atoms with E-state index in [4.69, 9.17) is 0 Å². The number of carbonyl (C=O) groups excluding carboxylic acids is 1. The Labute approximate surface area is 153 Å². The SMILES string of the molecule is Cc1cnc(CCNC(=O)N2CCC(c3ccc(F)cc3C)CC2)cn1. The third-order valence-electron chi connectivity index (χ3n) is 4.95. The molecule has 0 atom stereocenters. The third kappa shape index (κ3) is 4.56. The number of halogens is 1. The molecule has 1 aliphatic rings. The Morgan fingerprint density at radius 2 is 2.00 bits per heavy atom. The number of urea groups is 1. The highest BCUT2D eigenvalue weighted by Gasteiger charge is 2.24. The molecule has 1 fully saturated rings. The molecule has 3 rings (SSSR count). The van der Waals surface area contributed by atoms with E-state index in [0.717, 1.165) is 42.9 Å². The van der Waals surface area contributed by atoms with E-state index in [2.05, 4.69) is 15.3 Å². The van der Waals surface area contributed by atoms with E-state index >= 15 is 0 Å². The number of likely N-dealkylation sites (tertiary alicyclic amines) is 1. The number of nitrogens with one attached hydrogen (secondary N) is 1. The average molecular weight is 356 g/mol. The van der Waals surface area contributed by atoms with Gasteiger partial charge in [-0.3, -0.25) is 9.97 Å². The highest BCUT2D eigenvalue weighted by atomic mass is 19.1. The molecule has 1 saturated heterocycles. The smallest absolute Gasteiger partial charge is 0.317 e. The zero-order chi connectivity index (χ0) is 18.5. The van der Waals surface area contributed by atoms with Crippen LogP contribution in [0.3, 0.4) is 0 Å². The van der Waals surface area contributed by atoms with Crippen LogP contribution in [0.2, 0.25) is 0 Å². The summed E-state index contributed by atoms with van der Waals surface area (Å²) in [6.07, 6.45) is 5.97. The minimum Gasteiger partial charge on any atom is -0.338 e. The van der Waals surface area contributed by atoms with E-state index in [1.165, 1.54) is 11.6 Å². The first kappa shape index (κ1) is 18.3. The van der Waals surface area contributed by atoms with Gasteiger partial charge in [0.15, 0.2) is 0 Å². The summed E-state index contributed by atoms with van der Waals surface area (Å²) in [5, 5.41) is 2.96. The van der Waals surface area contributed by atoms with Crippen LogP contribution >= 0.6 is 0 Å². The molecule has 138 valence electrons. The van der Waals surface area contributed by atoms with Gasteiger partial charge in [0.25, 0.3) is 0 Å². The highest BCUT2D eigenvalue weighted by Crippen LogP contribution is 2.30. The Bertz CT molecular complexity index is 755. The molecule has 2 amide bonds.